The van der Waals surface area contributed by atoms with E-state index in [1.54, 1.807) is 24.3 Å². The number of nitrogens with zero attached hydrogens (tertiary/aromatic N) is 4. The van der Waals surface area contributed by atoms with Gasteiger partial charge in [-0.1, -0.05) is 0 Å². The lowest BCUT2D eigenvalue weighted by molar-refractivity contribution is -0.139. The third-order valence-corrected chi connectivity index (χ3v) is 7.36. The van der Waals surface area contributed by atoms with Crippen molar-refractivity contribution in [1.29, 1.82) is 0 Å². The Labute approximate surface area is 213 Å². The highest BCUT2D eigenvalue weighted by Gasteiger charge is 2.40. The summed E-state index contributed by atoms with van der Waals surface area (Å²) in [6, 6.07) is 6.84. The summed E-state index contributed by atoms with van der Waals surface area (Å²) in [5.74, 6) is 0.528. The van der Waals surface area contributed by atoms with Crippen LogP contribution < -0.4 is 14.2 Å². The zero-order valence-corrected chi connectivity index (χ0v) is 21.1. The topological polar surface area (TPSA) is 94.6 Å². The van der Waals surface area contributed by atoms with E-state index in [-0.39, 0.29) is 11.6 Å². The molecule has 194 valence electrons. The Bertz CT molecular complexity index is 1430. The molecule has 10 heteroatoms. The van der Waals surface area contributed by atoms with Gasteiger partial charge in [-0.25, -0.2) is 14.4 Å². The summed E-state index contributed by atoms with van der Waals surface area (Å²) in [6.45, 7) is 7.46. The first-order chi connectivity index (χ1) is 18.0. The SMILES string of the molecule is COc1nc2c(Oc3ccc4[nH]c(C)cc4c3F)ncnc2cc1OCCCN1CCC2(CC1)COC2. The number of H-pyrrole nitrogens is 1. The second-order valence-corrected chi connectivity index (χ2v) is 9.97. The molecule has 1 spiro atoms. The van der Waals surface area contributed by atoms with E-state index in [1.165, 1.54) is 26.3 Å². The maximum absolute atomic E-state index is 15.1. The van der Waals surface area contributed by atoms with Gasteiger partial charge < -0.3 is 28.8 Å². The highest BCUT2D eigenvalue weighted by molar-refractivity contribution is 5.84. The van der Waals surface area contributed by atoms with Crippen LogP contribution in [0.5, 0.6) is 23.3 Å². The monoisotopic (exact) mass is 507 g/mol. The number of nitrogens with one attached hydrogen (secondary N) is 1. The maximum Gasteiger partial charge on any atom is 0.257 e. The number of pyridine rings is 1. The molecule has 2 fully saturated rings. The molecular formula is C27H30FN5O4. The lowest BCUT2D eigenvalue weighted by Gasteiger charge is -2.47. The lowest BCUT2D eigenvalue weighted by Crippen LogP contribution is -2.51. The van der Waals surface area contributed by atoms with E-state index in [4.69, 9.17) is 18.9 Å². The molecule has 0 unspecified atom stereocenters. The molecule has 3 aromatic heterocycles. The molecule has 1 N–H and O–H groups in total. The number of halogens is 1. The molecule has 0 aliphatic carbocycles. The minimum Gasteiger partial charge on any atom is -0.488 e. The number of methoxy groups -OCH3 is 1. The molecule has 0 saturated carbocycles. The van der Waals surface area contributed by atoms with Crippen LogP contribution in [0.25, 0.3) is 21.9 Å². The van der Waals surface area contributed by atoms with Crippen LogP contribution in [-0.2, 0) is 4.74 Å². The number of hydrogen-bond acceptors (Lipinski definition) is 8. The van der Waals surface area contributed by atoms with Crippen LogP contribution in [-0.4, -0.2) is 71.4 Å². The highest BCUT2D eigenvalue weighted by Crippen LogP contribution is 2.38. The molecule has 9 nitrogen and oxygen atoms in total. The Morgan fingerprint density at radius 1 is 1.11 bits per heavy atom. The summed E-state index contributed by atoms with van der Waals surface area (Å²) < 4.78 is 37.9. The summed E-state index contributed by atoms with van der Waals surface area (Å²) in [6.07, 6.45) is 4.68. The first-order valence-corrected chi connectivity index (χ1v) is 12.6. The molecule has 0 radical (unpaired) electrons. The van der Waals surface area contributed by atoms with Gasteiger partial charge in [0.25, 0.3) is 5.88 Å². The molecular weight excluding hydrogens is 477 g/mol. The second kappa shape index (κ2) is 9.75. The van der Waals surface area contributed by atoms with Crippen LogP contribution in [0, 0.1) is 18.2 Å². The fourth-order valence-electron chi connectivity index (χ4n) is 5.12. The van der Waals surface area contributed by atoms with Gasteiger partial charge in [-0.3, -0.25) is 0 Å². The van der Waals surface area contributed by atoms with Gasteiger partial charge >= 0.3 is 0 Å². The lowest BCUT2D eigenvalue weighted by atomic mass is 9.77. The predicted molar refractivity (Wildman–Crippen MR) is 136 cm³/mol. The van der Waals surface area contributed by atoms with Gasteiger partial charge in [0.15, 0.2) is 22.8 Å². The molecule has 1 aromatic carbocycles. The highest BCUT2D eigenvalue weighted by atomic mass is 19.1. The fraction of sp³-hybridized carbons (Fsp3) is 0.444. The molecule has 2 aliphatic rings. The van der Waals surface area contributed by atoms with Crippen LogP contribution in [0.15, 0.2) is 30.6 Å². The zero-order chi connectivity index (χ0) is 25.4. The maximum atomic E-state index is 15.1. The molecule has 4 aromatic rings. The average Bonchev–Trinajstić information content (AvgIpc) is 3.28. The van der Waals surface area contributed by atoms with E-state index in [9.17, 15) is 0 Å². The van der Waals surface area contributed by atoms with Crippen molar-refractivity contribution in [1.82, 2.24) is 24.8 Å². The quantitative estimate of drug-likeness (QED) is 0.345. The van der Waals surface area contributed by atoms with Gasteiger partial charge in [-0.2, -0.15) is 4.98 Å². The number of piperidine rings is 1. The second-order valence-electron chi connectivity index (χ2n) is 9.97. The third kappa shape index (κ3) is 4.67. The van der Waals surface area contributed by atoms with Gasteiger partial charge in [-0.15, -0.1) is 0 Å². The molecule has 5 heterocycles. The summed E-state index contributed by atoms with van der Waals surface area (Å²) in [5, 5.41) is 0.454. The van der Waals surface area contributed by atoms with Crippen molar-refractivity contribution >= 4 is 21.9 Å². The van der Waals surface area contributed by atoms with Crippen molar-refractivity contribution in [3.63, 3.8) is 0 Å². The van der Waals surface area contributed by atoms with E-state index in [2.05, 4.69) is 24.8 Å². The van der Waals surface area contributed by atoms with E-state index in [1.807, 2.05) is 6.92 Å². The van der Waals surface area contributed by atoms with Gasteiger partial charge in [0.05, 0.1) is 26.9 Å². The standard InChI is InChI=1S/C27H30FN5O4/c1-17-12-18-19(31-17)4-5-21(23(18)28)37-26-24-20(29-16-30-26)13-22(25(32-24)34-2)36-11-3-8-33-9-6-27(7-10-33)14-35-15-27/h4-5,12-13,16,31H,3,6-11,14-15H2,1-2H3. The van der Waals surface area contributed by atoms with E-state index in [0.29, 0.717) is 45.6 Å². The third-order valence-electron chi connectivity index (χ3n) is 7.36. The predicted octanol–water partition coefficient (Wildman–Crippen LogP) is 4.64. The summed E-state index contributed by atoms with van der Waals surface area (Å²) in [5.41, 5.74) is 2.89. The van der Waals surface area contributed by atoms with Gasteiger partial charge in [-0.05, 0) is 57.5 Å². The summed E-state index contributed by atoms with van der Waals surface area (Å²) in [4.78, 5) is 18.7. The Hall–Kier alpha value is -3.50. The molecule has 6 rings (SSSR count). The van der Waals surface area contributed by atoms with Crippen LogP contribution in [0.1, 0.15) is 25.0 Å². The number of rotatable bonds is 8. The van der Waals surface area contributed by atoms with Crippen LogP contribution in [0.2, 0.25) is 0 Å². The minimum absolute atomic E-state index is 0.0565. The summed E-state index contributed by atoms with van der Waals surface area (Å²) >= 11 is 0. The number of aryl methyl sites for hydroxylation is 1. The van der Waals surface area contributed by atoms with Gasteiger partial charge in [0, 0.05) is 34.6 Å². The number of aromatic amines is 1. The first kappa shape index (κ1) is 23.9. The van der Waals surface area contributed by atoms with E-state index in [0.717, 1.165) is 45.0 Å². The Kier molecular flexibility index (Phi) is 6.29. The van der Waals surface area contributed by atoms with Crippen molar-refractivity contribution in [2.75, 3.05) is 46.6 Å². The number of fused-ring (bicyclic) bond motifs is 2. The number of benzene rings is 1. The van der Waals surface area contributed by atoms with Crippen molar-refractivity contribution < 1.29 is 23.3 Å². The molecule has 0 bridgehead atoms. The average molecular weight is 508 g/mol. The van der Waals surface area contributed by atoms with Gasteiger partial charge in [0.1, 0.15) is 11.8 Å². The Morgan fingerprint density at radius 2 is 1.95 bits per heavy atom. The fourth-order valence-corrected chi connectivity index (χ4v) is 5.12. The van der Waals surface area contributed by atoms with Crippen LogP contribution in [0.3, 0.4) is 0 Å². The summed E-state index contributed by atoms with van der Waals surface area (Å²) in [7, 11) is 1.53. The molecule has 37 heavy (non-hydrogen) atoms. The normalized spacial score (nSPS) is 17.3. The zero-order valence-electron chi connectivity index (χ0n) is 21.1. The molecule has 0 amide bonds. The Morgan fingerprint density at radius 3 is 2.70 bits per heavy atom. The van der Waals surface area contributed by atoms with Crippen LogP contribution >= 0.6 is 0 Å². The smallest absolute Gasteiger partial charge is 0.257 e. The van der Waals surface area contributed by atoms with Crippen molar-refractivity contribution in [3.05, 3.63) is 42.1 Å². The molecule has 2 saturated heterocycles. The van der Waals surface area contributed by atoms with Crippen molar-refractivity contribution in [2.45, 2.75) is 26.2 Å². The minimum atomic E-state index is -0.467. The number of hydrogen-bond donors (Lipinski definition) is 1. The number of likely N-dealkylation sites (tertiary alicyclic amines) is 1. The van der Waals surface area contributed by atoms with E-state index < -0.39 is 5.82 Å². The van der Waals surface area contributed by atoms with Crippen molar-refractivity contribution in [2.24, 2.45) is 5.41 Å². The Balaban J connectivity index is 1.14. The van der Waals surface area contributed by atoms with Crippen LogP contribution in [0.4, 0.5) is 4.39 Å². The number of aromatic nitrogens is 4. The largest absolute Gasteiger partial charge is 0.488 e. The van der Waals surface area contributed by atoms with Gasteiger partial charge in [0.2, 0.25) is 5.88 Å². The molecule has 2 aliphatic heterocycles. The van der Waals surface area contributed by atoms with Crippen molar-refractivity contribution in [3.8, 4) is 23.3 Å². The molecule has 0 atom stereocenters. The number of ether oxygens (including phenoxy) is 4. The first-order valence-electron chi connectivity index (χ1n) is 12.6. The van der Waals surface area contributed by atoms with E-state index >= 15 is 4.39 Å².